The molecule has 0 aliphatic rings. The van der Waals surface area contributed by atoms with Crippen LogP contribution >= 0.6 is 15.9 Å². The van der Waals surface area contributed by atoms with Gasteiger partial charge in [-0.25, -0.2) is 4.79 Å². The van der Waals surface area contributed by atoms with Crippen LogP contribution in [0.5, 0.6) is 0 Å². The quantitative estimate of drug-likeness (QED) is 0.795. The fraction of sp³-hybridized carbons (Fsp3) is 0.188. The lowest BCUT2D eigenvalue weighted by Gasteiger charge is -2.22. The van der Waals surface area contributed by atoms with Gasteiger partial charge in [-0.1, -0.05) is 46.3 Å². The molecule has 0 heterocycles. The third-order valence-corrected chi connectivity index (χ3v) is 3.86. The summed E-state index contributed by atoms with van der Waals surface area (Å²) in [5.41, 5.74) is 2.59. The highest BCUT2D eigenvalue weighted by atomic mass is 79.9. The highest BCUT2D eigenvalue weighted by molar-refractivity contribution is 9.10. The van der Waals surface area contributed by atoms with Crippen molar-refractivity contribution in [3.63, 3.8) is 0 Å². The normalized spacial score (nSPS) is 10.2. The molecule has 0 aliphatic carbocycles. The van der Waals surface area contributed by atoms with Crippen LogP contribution in [0, 0.1) is 0 Å². The first-order valence-corrected chi connectivity index (χ1v) is 7.04. The van der Waals surface area contributed by atoms with Gasteiger partial charge in [0.25, 0.3) is 0 Å². The van der Waals surface area contributed by atoms with Crippen molar-refractivity contribution in [2.45, 2.75) is 6.54 Å². The van der Waals surface area contributed by atoms with Crippen molar-refractivity contribution in [1.82, 2.24) is 0 Å². The van der Waals surface area contributed by atoms with Crippen molar-refractivity contribution in [3.05, 3.63) is 64.1 Å². The zero-order chi connectivity index (χ0) is 14.5. The minimum absolute atomic E-state index is 0.320. The molecule has 0 N–H and O–H groups in total. The Hall–Kier alpha value is -1.81. The molecule has 0 atom stereocenters. The second-order valence-electron chi connectivity index (χ2n) is 4.46. The second-order valence-corrected chi connectivity index (χ2v) is 5.31. The van der Waals surface area contributed by atoms with Gasteiger partial charge in [-0.15, -0.1) is 0 Å². The lowest BCUT2D eigenvalue weighted by molar-refractivity contribution is 0.0601. The van der Waals surface area contributed by atoms with Gasteiger partial charge in [-0.05, 0) is 23.8 Å². The number of benzene rings is 2. The molecule has 2 rings (SSSR count). The minimum atomic E-state index is -0.320. The Labute approximate surface area is 127 Å². The third-order valence-electron chi connectivity index (χ3n) is 3.09. The number of ether oxygens (including phenoxy) is 1. The summed E-state index contributed by atoms with van der Waals surface area (Å²) in [7, 11) is 3.36. The molecule has 0 aromatic heterocycles. The van der Waals surface area contributed by atoms with E-state index in [0.717, 1.165) is 15.7 Å². The average Bonchev–Trinajstić information content (AvgIpc) is 2.48. The largest absolute Gasteiger partial charge is 0.465 e. The number of nitrogens with zero attached hydrogens (tertiary/aromatic N) is 1. The summed E-state index contributed by atoms with van der Waals surface area (Å²) in [5, 5.41) is 0. The highest BCUT2D eigenvalue weighted by Gasteiger charge is 2.14. The molecule has 0 saturated carbocycles. The fourth-order valence-electron chi connectivity index (χ4n) is 2.06. The van der Waals surface area contributed by atoms with E-state index in [0.29, 0.717) is 12.1 Å². The molecule has 0 bridgehead atoms. The van der Waals surface area contributed by atoms with Crippen LogP contribution in [0.15, 0.2) is 53.0 Å². The standard InChI is InChI=1S/C16H16BrNO2/c1-18(11-12-7-3-5-9-14(12)17)15-10-6-4-8-13(15)16(19)20-2/h3-10H,11H2,1-2H3. The zero-order valence-corrected chi connectivity index (χ0v) is 13.1. The summed E-state index contributed by atoms with van der Waals surface area (Å²) < 4.78 is 5.88. The van der Waals surface area contributed by atoms with Gasteiger partial charge in [0.1, 0.15) is 0 Å². The van der Waals surface area contributed by atoms with Crippen molar-refractivity contribution in [2.24, 2.45) is 0 Å². The van der Waals surface area contributed by atoms with E-state index in [2.05, 4.69) is 22.0 Å². The van der Waals surface area contributed by atoms with E-state index < -0.39 is 0 Å². The van der Waals surface area contributed by atoms with E-state index >= 15 is 0 Å². The topological polar surface area (TPSA) is 29.5 Å². The number of hydrogen-bond donors (Lipinski definition) is 0. The van der Waals surface area contributed by atoms with Crippen LogP contribution in [0.4, 0.5) is 5.69 Å². The van der Waals surface area contributed by atoms with Gasteiger partial charge in [0.05, 0.1) is 18.4 Å². The van der Waals surface area contributed by atoms with E-state index in [9.17, 15) is 4.79 Å². The van der Waals surface area contributed by atoms with Crippen molar-refractivity contribution < 1.29 is 9.53 Å². The van der Waals surface area contributed by atoms with Gasteiger partial charge in [0, 0.05) is 18.1 Å². The summed E-state index contributed by atoms with van der Waals surface area (Å²) in [4.78, 5) is 13.8. The van der Waals surface area contributed by atoms with Crippen LogP contribution in [-0.2, 0) is 11.3 Å². The molecule has 2 aromatic carbocycles. The SMILES string of the molecule is COC(=O)c1ccccc1N(C)Cc1ccccc1Br. The maximum atomic E-state index is 11.8. The Balaban J connectivity index is 2.28. The first-order valence-electron chi connectivity index (χ1n) is 6.25. The Morgan fingerprint density at radius 2 is 1.80 bits per heavy atom. The van der Waals surface area contributed by atoms with Gasteiger partial charge in [0.2, 0.25) is 0 Å². The summed E-state index contributed by atoms with van der Waals surface area (Å²) in [6.07, 6.45) is 0. The molecule has 0 amide bonds. The number of carbonyl (C=O) groups is 1. The zero-order valence-electron chi connectivity index (χ0n) is 11.5. The second kappa shape index (κ2) is 6.57. The Morgan fingerprint density at radius 3 is 2.50 bits per heavy atom. The molecular formula is C16H16BrNO2. The predicted molar refractivity (Wildman–Crippen MR) is 84.0 cm³/mol. The fourth-order valence-corrected chi connectivity index (χ4v) is 2.47. The smallest absolute Gasteiger partial charge is 0.339 e. The maximum absolute atomic E-state index is 11.8. The number of para-hydroxylation sites is 1. The molecule has 0 aliphatic heterocycles. The van der Waals surface area contributed by atoms with E-state index in [1.165, 1.54) is 7.11 Å². The van der Waals surface area contributed by atoms with Crippen molar-refractivity contribution >= 4 is 27.6 Å². The Kier molecular flexibility index (Phi) is 4.79. The molecule has 0 saturated heterocycles. The van der Waals surface area contributed by atoms with E-state index in [4.69, 9.17) is 4.74 Å². The van der Waals surface area contributed by atoms with E-state index in [-0.39, 0.29) is 5.97 Å². The van der Waals surface area contributed by atoms with Gasteiger partial charge in [-0.3, -0.25) is 0 Å². The summed E-state index contributed by atoms with van der Waals surface area (Å²) >= 11 is 3.54. The van der Waals surface area contributed by atoms with Crippen molar-refractivity contribution in [1.29, 1.82) is 0 Å². The van der Waals surface area contributed by atoms with Crippen LogP contribution in [-0.4, -0.2) is 20.1 Å². The van der Waals surface area contributed by atoms with Crippen LogP contribution in [0.1, 0.15) is 15.9 Å². The number of esters is 1. The molecule has 2 aromatic rings. The molecule has 3 nitrogen and oxygen atoms in total. The summed E-state index contributed by atoms with van der Waals surface area (Å²) in [6, 6.07) is 15.5. The number of hydrogen-bond acceptors (Lipinski definition) is 3. The summed E-state index contributed by atoms with van der Waals surface area (Å²) in [5.74, 6) is -0.320. The number of rotatable bonds is 4. The first-order chi connectivity index (χ1) is 9.63. The molecule has 0 unspecified atom stereocenters. The first kappa shape index (κ1) is 14.6. The average molecular weight is 334 g/mol. The summed E-state index contributed by atoms with van der Waals surface area (Å²) in [6.45, 7) is 0.704. The van der Waals surface area contributed by atoms with Crippen LogP contribution in [0.3, 0.4) is 0 Å². The molecule has 0 spiro atoms. The Bertz CT molecular complexity index is 613. The number of anilines is 1. The minimum Gasteiger partial charge on any atom is -0.465 e. The number of carbonyl (C=O) groups excluding carboxylic acids is 1. The molecular weight excluding hydrogens is 318 g/mol. The molecule has 0 radical (unpaired) electrons. The van der Waals surface area contributed by atoms with Gasteiger partial charge < -0.3 is 9.64 Å². The molecule has 20 heavy (non-hydrogen) atoms. The molecule has 104 valence electrons. The molecule has 0 fully saturated rings. The van der Waals surface area contributed by atoms with Gasteiger partial charge in [0.15, 0.2) is 0 Å². The van der Waals surface area contributed by atoms with Crippen LogP contribution in [0.2, 0.25) is 0 Å². The molecule has 4 heteroatoms. The van der Waals surface area contributed by atoms with E-state index in [1.54, 1.807) is 6.07 Å². The highest BCUT2D eigenvalue weighted by Crippen LogP contribution is 2.24. The van der Waals surface area contributed by atoms with Crippen LogP contribution in [0.25, 0.3) is 0 Å². The van der Waals surface area contributed by atoms with E-state index in [1.807, 2.05) is 48.3 Å². The third kappa shape index (κ3) is 3.20. The van der Waals surface area contributed by atoms with Gasteiger partial charge in [-0.2, -0.15) is 0 Å². The number of halogens is 1. The predicted octanol–water partition coefficient (Wildman–Crippen LogP) is 3.87. The van der Waals surface area contributed by atoms with Gasteiger partial charge >= 0.3 is 5.97 Å². The van der Waals surface area contributed by atoms with Crippen molar-refractivity contribution in [2.75, 3.05) is 19.1 Å². The maximum Gasteiger partial charge on any atom is 0.339 e. The lowest BCUT2D eigenvalue weighted by atomic mass is 10.1. The van der Waals surface area contributed by atoms with Crippen LogP contribution < -0.4 is 4.90 Å². The monoisotopic (exact) mass is 333 g/mol. The van der Waals surface area contributed by atoms with Crippen molar-refractivity contribution in [3.8, 4) is 0 Å². The number of methoxy groups -OCH3 is 1. The Morgan fingerprint density at radius 1 is 1.15 bits per heavy atom. The lowest BCUT2D eigenvalue weighted by Crippen LogP contribution is -2.20.